The monoisotopic (exact) mass is 459 g/mol. The highest BCUT2D eigenvalue weighted by molar-refractivity contribution is 7.18. The fourth-order valence-electron chi connectivity index (χ4n) is 4.41. The van der Waals surface area contributed by atoms with E-state index in [1.807, 2.05) is 6.20 Å². The molecule has 0 amide bonds. The molecule has 1 saturated heterocycles. The van der Waals surface area contributed by atoms with Crippen molar-refractivity contribution in [1.29, 1.82) is 0 Å². The molecule has 32 heavy (non-hydrogen) atoms. The number of nitrogens with one attached hydrogen (secondary N) is 2. The zero-order chi connectivity index (χ0) is 22.3. The lowest BCUT2D eigenvalue weighted by Crippen LogP contribution is -2.38. The Hall–Kier alpha value is -2.65. The molecule has 0 atom stereocenters. The summed E-state index contributed by atoms with van der Waals surface area (Å²) < 4.78 is 38.3. The van der Waals surface area contributed by atoms with Crippen LogP contribution >= 0.6 is 11.3 Å². The molecule has 5 rings (SSSR count). The summed E-state index contributed by atoms with van der Waals surface area (Å²) in [7, 11) is 0. The number of alkyl halides is 3. The summed E-state index contributed by atoms with van der Waals surface area (Å²) in [5.74, 6) is 0.630. The van der Waals surface area contributed by atoms with Crippen molar-refractivity contribution in [2.45, 2.75) is 44.9 Å². The van der Waals surface area contributed by atoms with Crippen LogP contribution in [0.3, 0.4) is 0 Å². The van der Waals surface area contributed by atoms with Gasteiger partial charge in [0.25, 0.3) is 0 Å². The topological polar surface area (TPSA) is 56.8 Å². The average Bonchev–Trinajstić information content (AvgIpc) is 3.31. The van der Waals surface area contributed by atoms with E-state index in [4.69, 9.17) is 0 Å². The first-order valence-corrected chi connectivity index (χ1v) is 11.5. The Balaban J connectivity index is 1.21. The minimum atomic E-state index is -4.22. The Labute approximate surface area is 187 Å². The number of anilines is 1. The zero-order valence-electron chi connectivity index (χ0n) is 17.7. The second-order valence-electron chi connectivity index (χ2n) is 8.49. The number of likely N-dealkylation sites (tertiary alicyclic amines) is 1. The van der Waals surface area contributed by atoms with Gasteiger partial charge in [0, 0.05) is 47.7 Å². The number of piperidine rings is 1. The third-order valence-corrected chi connectivity index (χ3v) is 7.09. The quantitative estimate of drug-likeness (QED) is 0.404. The summed E-state index contributed by atoms with van der Waals surface area (Å²) in [6.45, 7) is 4.92. The summed E-state index contributed by atoms with van der Waals surface area (Å²) in [6, 6.07) is 8.41. The van der Waals surface area contributed by atoms with Gasteiger partial charge in [-0.2, -0.15) is 13.2 Å². The number of benzene rings is 1. The third kappa shape index (κ3) is 4.59. The van der Waals surface area contributed by atoms with Gasteiger partial charge in [0.15, 0.2) is 0 Å². The minimum absolute atomic E-state index is 0.240. The summed E-state index contributed by atoms with van der Waals surface area (Å²) in [5.41, 5.74) is 3.72. The number of aromatic nitrogens is 3. The molecule has 1 aliphatic rings. The van der Waals surface area contributed by atoms with E-state index < -0.39 is 12.6 Å². The smallest absolute Gasteiger partial charge is 0.367 e. The number of hydrogen-bond acceptors (Lipinski definition) is 5. The summed E-state index contributed by atoms with van der Waals surface area (Å²) in [4.78, 5) is 15.1. The average molecular weight is 460 g/mol. The molecule has 9 heteroatoms. The standard InChI is InChI=1S/C23H24F3N5S/c1-14-11-27-20-8-15(2-3-18(14)20)12-31-6-4-16(5-7-31)30-21-19-9-17(10-23(24,25)26)32-22(19)29-13-28-21/h2-3,8-9,11,13,16,27H,4-7,10,12H2,1H3,(H,28,29,30). The molecule has 0 radical (unpaired) electrons. The highest BCUT2D eigenvalue weighted by Gasteiger charge is 2.29. The second-order valence-corrected chi connectivity index (χ2v) is 9.61. The van der Waals surface area contributed by atoms with Gasteiger partial charge in [0.05, 0.1) is 11.8 Å². The van der Waals surface area contributed by atoms with Gasteiger partial charge in [-0.25, -0.2) is 9.97 Å². The fraction of sp³-hybridized carbons (Fsp3) is 0.391. The third-order valence-electron chi connectivity index (χ3n) is 6.04. The van der Waals surface area contributed by atoms with Gasteiger partial charge < -0.3 is 10.3 Å². The molecule has 168 valence electrons. The molecule has 0 spiro atoms. The van der Waals surface area contributed by atoms with E-state index in [-0.39, 0.29) is 10.9 Å². The van der Waals surface area contributed by atoms with Crippen molar-refractivity contribution in [2.75, 3.05) is 18.4 Å². The lowest BCUT2D eigenvalue weighted by Gasteiger charge is -2.32. The molecule has 3 aromatic heterocycles. The fourth-order valence-corrected chi connectivity index (χ4v) is 5.44. The van der Waals surface area contributed by atoms with Crippen LogP contribution in [0.25, 0.3) is 21.1 Å². The van der Waals surface area contributed by atoms with E-state index in [0.717, 1.165) is 43.8 Å². The largest absolute Gasteiger partial charge is 0.393 e. The molecule has 4 heterocycles. The van der Waals surface area contributed by atoms with E-state index in [1.54, 1.807) is 6.07 Å². The molecule has 1 aliphatic heterocycles. The maximum atomic E-state index is 12.8. The van der Waals surface area contributed by atoms with Gasteiger partial charge in [-0.05, 0) is 43.0 Å². The van der Waals surface area contributed by atoms with E-state index >= 15 is 0 Å². The lowest BCUT2D eigenvalue weighted by atomic mass is 10.0. The van der Waals surface area contributed by atoms with Crippen molar-refractivity contribution in [2.24, 2.45) is 0 Å². The lowest BCUT2D eigenvalue weighted by molar-refractivity contribution is -0.126. The number of rotatable bonds is 5. The summed E-state index contributed by atoms with van der Waals surface area (Å²) in [5, 5.41) is 5.39. The Morgan fingerprint density at radius 2 is 1.97 bits per heavy atom. The van der Waals surface area contributed by atoms with Crippen LogP contribution in [0.4, 0.5) is 19.0 Å². The number of nitrogens with zero attached hydrogens (tertiary/aromatic N) is 3. The van der Waals surface area contributed by atoms with E-state index in [2.05, 4.69) is 50.3 Å². The molecule has 4 aromatic rings. The number of halogens is 3. The maximum Gasteiger partial charge on any atom is 0.393 e. The highest BCUT2D eigenvalue weighted by atomic mass is 32.1. The Morgan fingerprint density at radius 1 is 1.16 bits per heavy atom. The van der Waals surface area contributed by atoms with Crippen molar-refractivity contribution in [1.82, 2.24) is 19.9 Å². The second kappa shape index (κ2) is 8.37. The zero-order valence-corrected chi connectivity index (χ0v) is 18.5. The molecule has 0 saturated carbocycles. The first kappa shape index (κ1) is 21.2. The first-order chi connectivity index (χ1) is 15.3. The van der Waals surface area contributed by atoms with Gasteiger partial charge in [-0.3, -0.25) is 4.90 Å². The van der Waals surface area contributed by atoms with Crippen molar-refractivity contribution in [3.63, 3.8) is 0 Å². The van der Waals surface area contributed by atoms with Gasteiger partial charge >= 0.3 is 6.18 Å². The van der Waals surface area contributed by atoms with E-state index in [9.17, 15) is 13.2 Å². The molecule has 1 fully saturated rings. The van der Waals surface area contributed by atoms with E-state index in [0.29, 0.717) is 16.0 Å². The van der Waals surface area contributed by atoms with Crippen LogP contribution in [-0.2, 0) is 13.0 Å². The number of fused-ring (bicyclic) bond motifs is 2. The van der Waals surface area contributed by atoms with Crippen LogP contribution in [0.2, 0.25) is 0 Å². The van der Waals surface area contributed by atoms with Gasteiger partial charge in [-0.15, -0.1) is 11.3 Å². The summed E-state index contributed by atoms with van der Waals surface area (Å²) >= 11 is 1.08. The van der Waals surface area contributed by atoms with Crippen LogP contribution in [0.1, 0.15) is 28.8 Å². The molecular weight excluding hydrogens is 435 g/mol. The Morgan fingerprint density at radius 3 is 2.75 bits per heavy atom. The predicted molar refractivity (Wildman–Crippen MR) is 122 cm³/mol. The summed E-state index contributed by atoms with van der Waals surface area (Å²) in [6.07, 6.45) is 0.212. The highest BCUT2D eigenvalue weighted by Crippen LogP contribution is 2.33. The predicted octanol–water partition coefficient (Wildman–Crippen LogP) is 5.66. The van der Waals surface area contributed by atoms with E-state index in [1.165, 1.54) is 28.4 Å². The van der Waals surface area contributed by atoms with Gasteiger partial charge in [-0.1, -0.05) is 12.1 Å². The first-order valence-electron chi connectivity index (χ1n) is 10.7. The van der Waals surface area contributed by atoms with Gasteiger partial charge in [0.2, 0.25) is 0 Å². The number of thiophene rings is 1. The molecule has 0 unspecified atom stereocenters. The number of H-pyrrole nitrogens is 1. The van der Waals surface area contributed by atoms with Crippen LogP contribution in [-0.4, -0.2) is 45.2 Å². The number of aryl methyl sites for hydroxylation is 1. The molecule has 0 bridgehead atoms. The Bertz CT molecular complexity index is 1240. The maximum absolute atomic E-state index is 12.8. The molecule has 0 aliphatic carbocycles. The van der Waals surface area contributed by atoms with Crippen molar-refractivity contribution in [3.8, 4) is 0 Å². The van der Waals surface area contributed by atoms with Crippen LogP contribution < -0.4 is 5.32 Å². The number of hydrogen-bond donors (Lipinski definition) is 2. The molecule has 2 N–H and O–H groups in total. The molecular formula is C23H24F3N5S. The molecule has 1 aromatic carbocycles. The normalized spacial score (nSPS) is 16.2. The van der Waals surface area contributed by atoms with Crippen LogP contribution in [0, 0.1) is 6.92 Å². The SMILES string of the molecule is Cc1c[nH]c2cc(CN3CCC(Nc4ncnc5sc(CC(F)(F)F)cc45)CC3)ccc12. The van der Waals surface area contributed by atoms with Crippen molar-refractivity contribution in [3.05, 3.63) is 52.8 Å². The number of aromatic amines is 1. The van der Waals surface area contributed by atoms with Crippen molar-refractivity contribution < 1.29 is 13.2 Å². The van der Waals surface area contributed by atoms with Crippen molar-refractivity contribution >= 4 is 38.3 Å². The molecule has 5 nitrogen and oxygen atoms in total. The minimum Gasteiger partial charge on any atom is -0.367 e. The van der Waals surface area contributed by atoms with Crippen LogP contribution in [0.15, 0.2) is 36.8 Å². The van der Waals surface area contributed by atoms with Gasteiger partial charge in [0.1, 0.15) is 17.0 Å². The van der Waals surface area contributed by atoms with Crippen LogP contribution in [0.5, 0.6) is 0 Å². The Kier molecular flexibility index (Phi) is 5.54.